The summed E-state index contributed by atoms with van der Waals surface area (Å²) in [5, 5.41) is 2.77. The number of alkyl halides is 3. The van der Waals surface area contributed by atoms with E-state index in [1.165, 1.54) is 31.4 Å². The molecule has 0 spiro atoms. The maximum Gasteiger partial charge on any atom is 0.416 e. The summed E-state index contributed by atoms with van der Waals surface area (Å²) in [6.45, 7) is 0. The Hall–Kier alpha value is -2.79. The molecule has 0 radical (unpaired) electrons. The molecule has 7 nitrogen and oxygen atoms in total. The Morgan fingerprint density at radius 3 is 2.30 bits per heavy atom. The fraction of sp³-hybridized carbons (Fsp3) is 0.409. The minimum Gasteiger partial charge on any atom is -0.495 e. The zero-order valence-corrected chi connectivity index (χ0v) is 18.9. The molecule has 1 aliphatic rings. The number of sulfonamides is 1. The molecule has 0 bridgehead atoms. The van der Waals surface area contributed by atoms with Crippen molar-refractivity contribution in [1.82, 2.24) is 0 Å². The number of carbonyl (C=O) groups excluding carboxylic acids is 1. The molecule has 11 heteroatoms. The molecule has 2 N–H and O–H groups in total. The third kappa shape index (κ3) is 6.17. The van der Waals surface area contributed by atoms with E-state index in [0.717, 1.165) is 25.0 Å². The first-order valence-corrected chi connectivity index (χ1v) is 11.7. The highest BCUT2D eigenvalue weighted by atomic mass is 32.2. The number of methoxy groups -OCH3 is 2. The summed E-state index contributed by atoms with van der Waals surface area (Å²) in [6, 6.07) is 7.87. The van der Waals surface area contributed by atoms with Crippen LogP contribution in [0.5, 0.6) is 5.75 Å². The molecule has 3 rings (SSSR count). The number of rotatable bonds is 7. The van der Waals surface area contributed by atoms with Gasteiger partial charge < -0.3 is 14.8 Å². The predicted molar refractivity (Wildman–Crippen MR) is 117 cm³/mol. The van der Waals surface area contributed by atoms with Crippen molar-refractivity contribution in [2.75, 3.05) is 24.3 Å². The molecule has 1 fully saturated rings. The lowest BCUT2D eigenvalue weighted by Gasteiger charge is -2.26. The summed E-state index contributed by atoms with van der Waals surface area (Å²) < 4.78 is 77.0. The van der Waals surface area contributed by atoms with Gasteiger partial charge in [0.2, 0.25) is 5.91 Å². The highest BCUT2D eigenvalue weighted by Gasteiger charge is 2.31. The Bertz CT molecular complexity index is 1100. The molecule has 1 saturated carbocycles. The second-order valence-electron chi connectivity index (χ2n) is 7.75. The van der Waals surface area contributed by atoms with Crippen molar-refractivity contribution in [2.24, 2.45) is 5.92 Å². The highest BCUT2D eigenvalue weighted by Crippen LogP contribution is 2.33. The molecular formula is C22H25F3N2O5S. The smallest absolute Gasteiger partial charge is 0.416 e. The largest absolute Gasteiger partial charge is 0.495 e. The first-order chi connectivity index (χ1) is 15.5. The molecular weight excluding hydrogens is 461 g/mol. The summed E-state index contributed by atoms with van der Waals surface area (Å²) in [7, 11) is -1.35. The maximum absolute atomic E-state index is 12.9. The van der Waals surface area contributed by atoms with Crippen LogP contribution >= 0.6 is 0 Å². The lowest BCUT2D eigenvalue weighted by molar-refractivity contribution is -0.137. The fourth-order valence-corrected chi connectivity index (χ4v) is 4.94. The SMILES string of the molecule is COc1cc(NC(=O)[C@H]2CC[C@H](OC)CC2)ccc1S(=O)(=O)Nc1cccc(C(F)(F)F)c1. The first kappa shape index (κ1) is 24.8. The average molecular weight is 487 g/mol. The number of amides is 1. The molecule has 33 heavy (non-hydrogen) atoms. The van der Waals surface area contributed by atoms with Crippen LogP contribution < -0.4 is 14.8 Å². The summed E-state index contributed by atoms with van der Waals surface area (Å²) in [5.74, 6) is -0.409. The second-order valence-corrected chi connectivity index (χ2v) is 9.40. The van der Waals surface area contributed by atoms with Crippen LogP contribution in [-0.4, -0.2) is 34.6 Å². The normalized spacial score (nSPS) is 19.1. The molecule has 0 aromatic heterocycles. The van der Waals surface area contributed by atoms with Gasteiger partial charge in [-0.2, -0.15) is 13.2 Å². The van der Waals surface area contributed by atoms with Crippen LogP contribution in [0.1, 0.15) is 31.2 Å². The van der Waals surface area contributed by atoms with Gasteiger partial charge in [0.05, 0.1) is 18.8 Å². The number of hydrogen-bond donors (Lipinski definition) is 2. The van der Waals surface area contributed by atoms with Crippen LogP contribution in [0.25, 0.3) is 0 Å². The molecule has 1 aliphatic carbocycles. The van der Waals surface area contributed by atoms with E-state index < -0.39 is 21.8 Å². The van der Waals surface area contributed by atoms with E-state index in [0.29, 0.717) is 24.6 Å². The Kier molecular flexibility index (Phi) is 7.53. The standard InChI is InChI=1S/C22H25F3N2O5S/c1-31-18-9-6-14(7-10-18)21(28)26-16-8-11-20(19(13-16)32-2)33(29,30)27-17-5-3-4-15(12-17)22(23,24)25/h3-5,8,11-14,18,27H,6-7,9-10H2,1-2H3,(H,26,28)/t14-,18-. The van der Waals surface area contributed by atoms with Gasteiger partial charge in [0.15, 0.2) is 0 Å². The average Bonchev–Trinajstić information content (AvgIpc) is 2.78. The molecule has 0 saturated heterocycles. The molecule has 1 amide bonds. The third-order valence-electron chi connectivity index (χ3n) is 5.54. The second kappa shape index (κ2) is 10.0. The van der Waals surface area contributed by atoms with Crippen molar-refractivity contribution in [1.29, 1.82) is 0 Å². The van der Waals surface area contributed by atoms with Gasteiger partial charge in [0, 0.05) is 30.5 Å². The van der Waals surface area contributed by atoms with Crippen LogP contribution in [0.15, 0.2) is 47.4 Å². The van der Waals surface area contributed by atoms with E-state index in [-0.39, 0.29) is 34.3 Å². The van der Waals surface area contributed by atoms with E-state index in [2.05, 4.69) is 10.0 Å². The number of halogens is 3. The van der Waals surface area contributed by atoms with Gasteiger partial charge in [-0.25, -0.2) is 8.42 Å². The lowest BCUT2D eigenvalue weighted by Crippen LogP contribution is -2.29. The van der Waals surface area contributed by atoms with Crippen molar-refractivity contribution in [3.8, 4) is 5.75 Å². The maximum atomic E-state index is 12.9. The Labute approximate surface area is 190 Å². The number of nitrogens with one attached hydrogen (secondary N) is 2. The van der Waals surface area contributed by atoms with Gasteiger partial charge >= 0.3 is 6.18 Å². The topological polar surface area (TPSA) is 93.7 Å². The van der Waals surface area contributed by atoms with Crippen molar-refractivity contribution in [3.63, 3.8) is 0 Å². The number of ether oxygens (including phenoxy) is 2. The van der Waals surface area contributed by atoms with Crippen LogP contribution in [0.4, 0.5) is 24.5 Å². The van der Waals surface area contributed by atoms with Gasteiger partial charge in [-0.15, -0.1) is 0 Å². The van der Waals surface area contributed by atoms with E-state index >= 15 is 0 Å². The van der Waals surface area contributed by atoms with Gasteiger partial charge in [0.1, 0.15) is 10.6 Å². The molecule has 180 valence electrons. The third-order valence-corrected chi connectivity index (χ3v) is 6.96. The van der Waals surface area contributed by atoms with E-state index in [1.54, 1.807) is 7.11 Å². The molecule has 0 unspecified atom stereocenters. The summed E-state index contributed by atoms with van der Waals surface area (Å²) >= 11 is 0. The molecule has 2 aromatic rings. The Morgan fingerprint density at radius 1 is 1.00 bits per heavy atom. The van der Waals surface area contributed by atoms with Crippen molar-refractivity contribution < 1.29 is 35.9 Å². The molecule has 2 aromatic carbocycles. The van der Waals surface area contributed by atoms with Gasteiger partial charge in [-0.3, -0.25) is 9.52 Å². The predicted octanol–water partition coefficient (Wildman–Crippen LogP) is 4.66. The van der Waals surface area contributed by atoms with Gasteiger partial charge in [-0.1, -0.05) is 6.07 Å². The van der Waals surface area contributed by atoms with Crippen LogP contribution in [0.2, 0.25) is 0 Å². The van der Waals surface area contributed by atoms with Crippen LogP contribution in [0, 0.1) is 5.92 Å². The minimum absolute atomic E-state index is 0.0598. The van der Waals surface area contributed by atoms with Gasteiger partial charge in [-0.05, 0) is 56.0 Å². The number of benzene rings is 2. The van der Waals surface area contributed by atoms with Crippen molar-refractivity contribution in [3.05, 3.63) is 48.0 Å². The van der Waals surface area contributed by atoms with E-state index in [1.807, 2.05) is 0 Å². The van der Waals surface area contributed by atoms with Gasteiger partial charge in [0.25, 0.3) is 10.0 Å². The molecule has 0 atom stereocenters. The monoisotopic (exact) mass is 486 g/mol. The highest BCUT2D eigenvalue weighted by molar-refractivity contribution is 7.92. The summed E-state index contributed by atoms with van der Waals surface area (Å²) in [6.07, 6.45) is -1.50. The van der Waals surface area contributed by atoms with E-state index in [4.69, 9.17) is 9.47 Å². The Balaban J connectivity index is 1.75. The first-order valence-electron chi connectivity index (χ1n) is 10.3. The summed E-state index contributed by atoms with van der Waals surface area (Å²) in [4.78, 5) is 12.3. The number of anilines is 2. The number of carbonyl (C=O) groups is 1. The minimum atomic E-state index is -4.61. The van der Waals surface area contributed by atoms with Crippen LogP contribution in [-0.2, 0) is 25.7 Å². The Morgan fingerprint density at radius 2 is 1.70 bits per heavy atom. The molecule has 0 aliphatic heterocycles. The van der Waals surface area contributed by atoms with Crippen molar-refractivity contribution in [2.45, 2.75) is 42.9 Å². The number of hydrogen-bond acceptors (Lipinski definition) is 5. The zero-order chi connectivity index (χ0) is 24.2. The van der Waals surface area contributed by atoms with E-state index in [9.17, 15) is 26.4 Å². The zero-order valence-electron chi connectivity index (χ0n) is 18.1. The molecule has 0 heterocycles. The van der Waals surface area contributed by atoms with Crippen molar-refractivity contribution >= 4 is 27.3 Å². The van der Waals surface area contributed by atoms with Crippen LogP contribution in [0.3, 0.4) is 0 Å². The summed E-state index contributed by atoms with van der Waals surface area (Å²) in [5.41, 5.74) is -0.869. The fourth-order valence-electron chi connectivity index (χ4n) is 3.74. The lowest BCUT2D eigenvalue weighted by atomic mass is 9.87. The quantitative estimate of drug-likeness (QED) is 0.594.